The van der Waals surface area contributed by atoms with Gasteiger partial charge in [-0.1, -0.05) is 68.8 Å². The Hall–Kier alpha value is -6.68. The fraction of sp³-hybridized carbons (Fsp3) is 0.521. The normalized spacial score (nSPS) is 17.7. The third kappa shape index (κ3) is 17.4. The highest BCUT2D eigenvalue weighted by atomic mass is 32.2. The van der Waals surface area contributed by atoms with Gasteiger partial charge in [-0.25, -0.2) is 10.3 Å². The Bertz CT molecular complexity index is 2300. The van der Waals surface area contributed by atoms with Crippen LogP contribution in [0.1, 0.15) is 82.8 Å². The second kappa shape index (κ2) is 27.5. The molecule has 1 aromatic heterocycles. The summed E-state index contributed by atoms with van der Waals surface area (Å²) in [5.41, 5.74) is 9.35. The van der Waals surface area contributed by atoms with E-state index in [0.29, 0.717) is 36.6 Å². The maximum absolute atomic E-state index is 14.1. The lowest BCUT2D eigenvalue weighted by Gasteiger charge is -2.26. The van der Waals surface area contributed by atoms with Crippen molar-refractivity contribution in [3.63, 3.8) is 0 Å². The van der Waals surface area contributed by atoms with Gasteiger partial charge in [0.1, 0.15) is 18.1 Å². The number of hydroxylamine groups is 1. The first-order chi connectivity index (χ1) is 33.6. The molecule has 0 bridgehead atoms. The third-order valence-electron chi connectivity index (χ3n) is 12.2. The van der Waals surface area contributed by atoms with Gasteiger partial charge in [0.2, 0.25) is 47.3 Å². The van der Waals surface area contributed by atoms with Gasteiger partial charge < -0.3 is 53.3 Å². The molecular weight excluding hydrogens is 923 g/mol. The van der Waals surface area contributed by atoms with E-state index in [1.165, 1.54) is 0 Å². The van der Waals surface area contributed by atoms with Gasteiger partial charge in [-0.15, -0.1) is 0 Å². The van der Waals surface area contributed by atoms with Gasteiger partial charge in [-0.05, 0) is 68.1 Å². The van der Waals surface area contributed by atoms with Crippen LogP contribution in [0.25, 0.3) is 10.9 Å². The Morgan fingerprint density at radius 1 is 0.743 bits per heavy atom. The average Bonchev–Trinajstić information content (AvgIpc) is 4.04. The number of hydrogen-bond donors (Lipinski definition) is 12. The number of benzene rings is 2. The summed E-state index contributed by atoms with van der Waals surface area (Å²) in [6.07, 6.45) is 5.74. The van der Waals surface area contributed by atoms with E-state index in [2.05, 4.69) is 47.5 Å². The number of urea groups is 1. The molecule has 0 aliphatic carbocycles. The number of rotatable bonds is 29. The largest absolute Gasteiger partial charge is 0.368 e. The number of primary amides is 1. The predicted molar refractivity (Wildman–Crippen MR) is 261 cm³/mol. The second-order valence-electron chi connectivity index (χ2n) is 18.2. The molecule has 2 saturated heterocycles. The second-order valence-corrected chi connectivity index (χ2v) is 19.4. The minimum atomic E-state index is -1.24. The summed E-state index contributed by atoms with van der Waals surface area (Å²) in [7, 11) is 0. The fourth-order valence-corrected chi connectivity index (χ4v) is 10.1. The lowest BCUT2D eigenvalue weighted by atomic mass is 9.93. The van der Waals surface area contributed by atoms with Crippen molar-refractivity contribution >= 4 is 76.0 Å². The van der Waals surface area contributed by atoms with E-state index in [1.807, 2.05) is 55.9 Å². The number of amides is 10. The van der Waals surface area contributed by atoms with Crippen LogP contribution >= 0.6 is 11.8 Å². The monoisotopic (exact) mass is 989 g/mol. The number of para-hydroxylation sites is 1. The minimum absolute atomic E-state index is 0.00930. The summed E-state index contributed by atoms with van der Waals surface area (Å²) >= 11 is 1.84. The van der Waals surface area contributed by atoms with Crippen molar-refractivity contribution < 1.29 is 48.4 Å². The highest BCUT2D eigenvalue weighted by molar-refractivity contribution is 8.00. The quantitative estimate of drug-likeness (QED) is 0.0199. The van der Waals surface area contributed by atoms with Gasteiger partial charge in [0.15, 0.2) is 0 Å². The Morgan fingerprint density at radius 2 is 1.47 bits per heavy atom. The minimum Gasteiger partial charge on any atom is -0.368 e. The Balaban J connectivity index is 1.08. The van der Waals surface area contributed by atoms with Crippen LogP contribution in [-0.2, 0) is 51.2 Å². The number of thioether (sulfide) groups is 1. The van der Waals surface area contributed by atoms with Crippen molar-refractivity contribution in [1.82, 2.24) is 53.0 Å². The van der Waals surface area contributed by atoms with Crippen molar-refractivity contribution in [3.05, 3.63) is 71.9 Å². The van der Waals surface area contributed by atoms with E-state index in [-0.39, 0.29) is 62.0 Å². The molecule has 13 N–H and O–H groups in total. The number of aromatic nitrogens is 1. The molecule has 2 aliphatic rings. The van der Waals surface area contributed by atoms with Crippen LogP contribution in [0.4, 0.5) is 4.79 Å². The Kier molecular flexibility index (Phi) is 21.3. The molecule has 2 aromatic carbocycles. The van der Waals surface area contributed by atoms with Crippen molar-refractivity contribution in [2.75, 3.05) is 25.4 Å². The molecule has 3 heterocycles. The number of nitrogens with two attached hydrogens (primary N) is 1. The topological polar surface area (TPSA) is 324 Å². The first-order valence-corrected chi connectivity index (χ1v) is 24.9. The van der Waals surface area contributed by atoms with Crippen molar-refractivity contribution in [2.24, 2.45) is 17.6 Å². The zero-order valence-electron chi connectivity index (χ0n) is 39.6. The highest BCUT2D eigenvalue weighted by Crippen LogP contribution is 2.33. The summed E-state index contributed by atoms with van der Waals surface area (Å²) in [6, 6.07) is 13.1. The molecule has 22 heteroatoms. The van der Waals surface area contributed by atoms with Gasteiger partial charge in [0.25, 0.3) is 0 Å². The molecule has 7 atom stereocenters. The molecule has 2 fully saturated rings. The lowest BCUT2D eigenvalue weighted by Crippen LogP contribution is -2.56. The van der Waals surface area contributed by atoms with E-state index in [9.17, 15) is 48.4 Å². The summed E-state index contributed by atoms with van der Waals surface area (Å²) < 4.78 is 0. The lowest BCUT2D eigenvalue weighted by molar-refractivity contribution is -0.137. The molecule has 0 spiro atoms. The van der Waals surface area contributed by atoms with E-state index in [0.717, 1.165) is 41.5 Å². The van der Waals surface area contributed by atoms with E-state index >= 15 is 0 Å². The molecule has 2 aliphatic heterocycles. The van der Waals surface area contributed by atoms with Crippen LogP contribution in [-0.4, -0.2) is 124 Å². The molecular formula is C48H67N11O10S. The summed E-state index contributed by atoms with van der Waals surface area (Å²) in [5, 5.41) is 32.1. The third-order valence-corrected chi connectivity index (χ3v) is 13.7. The van der Waals surface area contributed by atoms with Crippen LogP contribution in [0.5, 0.6) is 0 Å². The maximum Gasteiger partial charge on any atom is 0.315 e. The van der Waals surface area contributed by atoms with E-state index in [1.54, 1.807) is 35.9 Å². The predicted octanol–water partition coefficient (Wildman–Crippen LogP) is 0.695. The first-order valence-electron chi connectivity index (χ1n) is 23.8. The van der Waals surface area contributed by atoms with Gasteiger partial charge >= 0.3 is 6.03 Å². The number of H-pyrrole nitrogens is 1. The number of carbonyl (C=O) groups excluding carboxylic acids is 9. The zero-order valence-corrected chi connectivity index (χ0v) is 40.4. The summed E-state index contributed by atoms with van der Waals surface area (Å²) in [5.74, 6) is -5.23. The number of carbonyl (C=O) groups is 9. The van der Waals surface area contributed by atoms with Gasteiger partial charge in [-0.2, -0.15) is 11.8 Å². The maximum atomic E-state index is 14.1. The zero-order chi connectivity index (χ0) is 50.6. The average molecular weight is 990 g/mol. The molecule has 3 aromatic rings. The molecule has 5 rings (SSSR count). The van der Waals surface area contributed by atoms with Crippen LogP contribution < -0.4 is 53.7 Å². The SMILES string of the molecule is CC(C)C[C@H](NC(=O)C(CC(=O)NO)Cc1ccccc1)C(=O)N[C@@H](Cc1c[nH]c2ccccc12)C(=O)NCC(=O)NCC(=O)N[C@@H](CCCCNC(=O)CCCC[C@@H]1SC[C@@H]2NC(=O)N[C@@H]21)C(N)=O. The van der Waals surface area contributed by atoms with Gasteiger partial charge in [0.05, 0.1) is 31.1 Å². The first kappa shape index (κ1) is 54.3. The standard InChI is InChI=1S/C48H67N11O10S/c1-28(2)20-35(55-45(65)30(23-40(61)59-69)21-29-12-4-3-5-13-29)47(67)56-36(22-31-24-51-33-15-7-6-14-32(31)33)46(66)53-25-41(62)52-26-42(63)54-34(44(49)64)16-10-11-19-50-39(60)18-9-8-17-38-43-37(27-70-38)57-48(68)58-43/h3-7,12-15,24,28,30,34-38,43,51,69H,8-11,16-23,25-27H2,1-2H3,(H2,49,64)(H,50,60)(H,52,62)(H,53,66)(H,54,63)(H,55,65)(H,56,67)(H,59,61)(H2,57,58,68)/t30?,34-,35-,36-,37-,38-,43-/m0/s1. The molecule has 21 nitrogen and oxygen atoms in total. The number of fused-ring (bicyclic) bond motifs is 2. The fourth-order valence-electron chi connectivity index (χ4n) is 8.55. The van der Waals surface area contributed by atoms with E-state index in [4.69, 9.17) is 5.73 Å². The van der Waals surface area contributed by atoms with Gasteiger partial charge in [-0.3, -0.25) is 43.6 Å². The summed E-state index contributed by atoms with van der Waals surface area (Å²) in [4.78, 5) is 119. The Labute approximate surface area is 410 Å². The van der Waals surface area contributed by atoms with Crippen LogP contribution in [0.15, 0.2) is 60.8 Å². The molecule has 0 saturated carbocycles. The summed E-state index contributed by atoms with van der Waals surface area (Å²) in [6.45, 7) is 2.98. The smallest absolute Gasteiger partial charge is 0.315 e. The van der Waals surface area contributed by atoms with Crippen molar-refractivity contribution in [3.8, 4) is 0 Å². The van der Waals surface area contributed by atoms with Crippen LogP contribution in [0.2, 0.25) is 0 Å². The van der Waals surface area contributed by atoms with Crippen molar-refractivity contribution in [2.45, 2.75) is 120 Å². The number of hydrogen-bond acceptors (Lipinski definition) is 11. The van der Waals surface area contributed by atoms with Crippen LogP contribution in [0.3, 0.4) is 0 Å². The number of nitrogens with one attached hydrogen (secondary N) is 10. The Morgan fingerprint density at radius 3 is 2.21 bits per heavy atom. The molecule has 10 amide bonds. The molecule has 70 heavy (non-hydrogen) atoms. The molecule has 1 unspecified atom stereocenters. The van der Waals surface area contributed by atoms with E-state index < -0.39 is 78.5 Å². The molecule has 0 radical (unpaired) electrons. The number of unbranched alkanes of at least 4 members (excludes halogenated alkanes) is 2. The van der Waals surface area contributed by atoms with Crippen LogP contribution in [0, 0.1) is 11.8 Å². The van der Waals surface area contributed by atoms with Crippen molar-refractivity contribution in [1.29, 1.82) is 0 Å². The highest BCUT2D eigenvalue weighted by Gasteiger charge is 2.42. The molecule has 380 valence electrons. The number of aromatic amines is 1. The van der Waals surface area contributed by atoms with Gasteiger partial charge in [0, 0.05) is 53.9 Å².